The number of ketones is 1. The number of hydrogen-bond donors (Lipinski definition) is 1. The molecule has 1 spiro atoms. The molecule has 4 heteroatoms. The first-order valence-electron chi connectivity index (χ1n) is 13.8. The minimum absolute atomic E-state index is 0.0757. The summed E-state index contributed by atoms with van der Waals surface area (Å²) in [7, 11) is 0. The minimum Gasteiger partial charge on any atom is -0.365 e. The first-order valence-corrected chi connectivity index (χ1v) is 13.8. The predicted molar refractivity (Wildman–Crippen MR) is 132 cm³/mol. The number of ether oxygens (including phenoxy) is 1. The van der Waals surface area contributed by atoms with Gasteiger partial charge in [0, 0.05) is 38.0 Å². The van der Waals surface area contributed by atoms with Gasteiger partial charge in [0.1, 0.15) is 0 Å². The molecule has 0 unspecified atom stereocenters. The molecular formula is C29H44N2O2. The number of nitrogens with two attached hydrogens (primary N) is 1. The molecule has 33 heavy (non-hydrogen) atoms. The maximum Gasteiger partial charge on any atom is 0.155 e. The number of rotatable bonds is 2. The van der Waals surface area contributed by atoms with Crippen LogP contribution in [0.3, 0.4) is 0 Å². The van der Waals surface area contributed by atoms with Crippen molar-refractivity contribution in [3.05, 3.63) is 22.8 Å². The molecule has 6 aliphatic rings. The summed E-state index contributed by atoms with van der Waals surface area (Å²) in [6, 6.07) is 0.511. The fraction of sp³-hybridized carbons (Fsp3) is 0.828. The predicted octanol–water partition coefficient (Wildman–Crippen LogP) is 4.88. The van der Waals surface area contributed by atoms with Crippen molar-refractivity contribution in [3.63, 3.8) is 0 Å². The van der Waals surface area contributed by atoms with E-state index in [1.54, 1.807) is 11.1 Å². The van der Waals surface area contributed by atoms with Crippen LogP contribution in [0.4, 0.5) is 0 Å². The van der Waals surface area contributed by atoms with Crippen LogP contribution in [0.5, 0.6) is 0 Å². The van der Waals surface area contributed by atoms with Crippen LogP contribution < -0.4 is 5.73 Å². The molecule has 0 bridgehead atoms. The Morgan fingerprint density at radius 3 is 2.82 bits per heavy atom. The van der Waals surface area contributed by atoms with E-state index in [1.165, 1.54) is 37.7 Å². The Morgan fingerprint density at radius 2 is 2.03 bits per heavy atom. The standard InChI is InChI=1S/C29H44N2O2/c1-17-13-26-27(31(16-17)12-11-30)19(3)29(33-26)10-8-22-23-6-5-20-14-21(32)7-9-28(20,4)25(23)15-24(22)18(29)2/h14,17,19,22-23,25-27H,5-13,15-16,30H2,1-4H3/t17-,19+,22-,23-,25-,26+,27-,28-,29-/m0/s1. The van der Waals surface area contributed by atoms with Gasteiger partial charge in [0.05, 0.1) is 11.7 Å². The van der Waals surface area contributed by atoms with Gasteiger partial charge >= 0.3 is 0 Å². The summed E-state index contributed by atoms with van der Waals surface area (Å²) in [5, 5.41) is 0. The lowest BCUT2D eigenvalue weighted by atomic mass is 9.56. The highest BCUT2D eigenvalue weighted by Crippen LogP contribution is 2.65. The van der Waals surface area contributed by atoms with Gasteiger partial charge in [-0.2, -0.15) is 0 Å². The van der Waals surface area contributed by atoms with Crippen LogP contribution in [-0.4, -0.2) is 48.1 Å². The number of nitrogens with zero attached hydrogens (tertiary/aromatic N) is 1. The van der Waals surface area contributed by atoms with Gasteiger partial charge in [0.15, 0.2) is 5.78 Å². The lowest BCUT2D eigenvalue weighted by molar-refractivity contribution is -0.116. The van der Waals surface area contributed by atoms with E-state index >= 15 is 0 Å². The quantitative estimate of drug-likeness (QED) is 0.607. The van der Waals surface area contributed by atoms with Crippen molar-refractivity contribution in [2.45, 2.75) is 96.8 Å². The summed E-state index contributed by atoms with van der Waals surface area (Å²) in [5.74, 6) is 3.82. The van der Waals surface area contributed by atoms with Crippen molar-refractivity contribution in [1.82, 2.24) is 4.90 Å². The van der Waals surface area contributed by atoms with Crippen LogP contribution in [0.15, 0.2) is 22.8 Å². The third kappa shape index (κ3) is 3.09. The molecule has 2 heterocycles. The molecule has 0 radical (unpaired) electrons. The fourth-order valence-corrected chi connectivity index (χ4v) is 9.81. The molecule has 0 aromatic carbocycles. The molecule has 9 atom stereocenters. The van der Waals surface area contributed by atoms with Crippen molar-refractivity contribution in [2.75, 3.05) is 19.6 Å². The van der Waals surface area contributed by atoms with E-state index in [0.717, 1.165) is 50.7 Å². The van der Waals surface area contributed by atoms with Crippen molar-refractivity contribution in [2.24, 2.45) is 40.7 Å². The van der Waals surface area contributed by atoms with E-state index in [0.29, 0.717) is 35.7 Å². The van der Waals surface area contributed by atoms with Gasteiger partial charge in [-0.25, -0.2) is 0 Å². The third-order valence-electron chi connectivity index (χ3n) is 11.4. The topological polar surface area (TPSA) is 55.6 Å². The zero-order valence-corrected chi connectivity index (χ0v) is 21.2. The maximum atomic E-state index is 12.2. The van der Waals surface area contributed by atoms with Gasteiger partial charge in [0.2, 0.25) is 0 Å². The van der Waals surface area contributed by atoms with E-state index in [4.69, 9.17) is 10.5 Å². The van der Waals surface area contributed by atoms with Gasteiger partial charge in [-0.1, -0.05) is 31.9 Å². The SMILES string of the molecule is CC1=C2C[C@H]3[C@@H](CCC4=CC(=O)CC[C@@]43C)[C@@H]2CC[C@]12O[C@@H]1C[C@H](C)CN(CCN)[C@H]1[C@H]2C. The van der Waals surface area contributed by atoms with Crippen molar-refractivity contribution < 1.29 is 9.53 Å². The molecule has 2 N–H and O–H groups in total. The van der Waals surface area contributed by atoms with Gasteiger partial charge in [-0.3, -0.25) is 9.69 Å². The Kier molecular flexibility index (Phi) is 5.29. The smallest absolute Gasteiger partial charge is 0.155 e. The molecule has 2 saturated carbocycles. The third-order valence-corrected chi connectivity index (χ3v) is 11.4. The van der Waals surface area contributed by atoms with Crippen molar-refractivity contribution in [1.29, 1.82) is 0 Å². The summed E-state index contributed by atoms with van der Waals surface area (Å²) >= 11 is 0. The Morgan fingerprint density at radius 1 is 1.21 bits per heavy atom. The fourth-order valence-electron chi connectivity index (χ4n) is 9.81. The first kappa shape index (κ1) is 22.5. The highest BCUT2D eigenvalue weighted by atomic mass is 16.5. The molecule has 0 aromatic heterocycles. The largest absolute Gasteiger partial charge is 0.365 e. The summed E-state index contributed by atoms with van der Waals surface area (Å²) < 4.78 is 7.18. The second kappa shape index (κ2) is 7.77. The molecular weight excluding hydrogens is 408 g/mol. The van der Waals surface area contributed by atoms with E-state index in [2.05, 4.69) is 32.6 Å². The van der Waals surface area contributed by atoms with Crippen LogP contribution in [-0.2, 0) is 9.53 Å². The lowest BCUT2D eigenvalue weighted by Gasteiger charge is -2.48. The Labute approximate surface area is 200 Å². The Hall–Kier alpha value is -0.970. The van der Waals surface area contributed by atoms with E-state index < -0.39 is 0 Å². The van der Waals surface area contributed by atoms with E-state index in [-0.39, 0.29) is 11.0 Å². The summed E-state index contributed by atoms with van der Waals surface area (Å²) in [6.07, 6.45) is 11.5. The average Bonchev–Trinajstić information content (AvgIpc) is 3.29. The van der Waals surface area contributed by atoms with Gasteiger partial charge in [-0.15, -0.1) is 0 Å². The van der Waals surface area contributed by atoms with Crippen molar-refractivity contribution in [3.8, 4) is 0 Å². The van der Waals surface area contributed by atoms with Crippen LogP contribution in [0.1, 0.15) is 79.1 Å². The van der Waals surface area contributed by atoms with Gasteiger partial charge in [-0.05, 0) is 92.6 Å². The molecule has 2 saturated heterocycles. The second-order valence-corrected chi connectivity index (χ2v) is 12.8. The van der Waals surface area contributed by atoms with Crippen LogP contribution >= 0.6 is 0 Å². The highest BCUT2D eigenvalue weighted by molar-refractivity contribution is 5.91. The number of likely N-dealkylation sites (tertiary alicyclic amines) is 1. The molecule has 182 valence electrons. The number of allylic oxidation sites excluding steroid dienone is 3. The molecule has 0 aromatic rings. The molecule has 4 aliphatic carbocycles. The van der Waals surface area contributed by atoms with Crippen LogP contribution in [0.2, 0.25) is 0 Å². The molecule has 6 rings (SSSR count). The summed E-state index contributed by atoms with van der Waals surface area (Å²) in [5.41, 5.74) is 11.0. The molecule has 2 aliphatic heterocycles. The molecule has 0 amide bonds. The monoisotopic (exact) mass is 452 g/mol. The summed E-state index contributed by atoms with van der Waals surface area (Å²) in [6.45, 7) is 12.7. The number of carbonyl (C=O) groups excluding carboxylic acids is 1. The van der Waals surface area contributed by atoms with Crippen LogP contribution in [0.25, 0.3) is 0 Å². The number of carbonyl (C=O) groups is 1. The zero-order chi connectivity index (χ0) is 23.1. The average molecular weight is 453 g/mol. The van der Waals surface area contributed by atoms with E-state index in [9.17, 15) is 4.79 Å². The normalized spacial score (nSPS) is 49.5. The molecule has 4 fully saturated rings. The Balaban J connectivity index is 1.34. The van der Waals surface area contributed by atoms with Crippen molar-refractivity contribution >= 4 is 5.78 Å². The second-order valence-electron chi connectivity index (χ2n) is 12.8. The number of piperidine rings is 1. The first-order chi connectivity index (χ1) is 15.8. The molecule has 4 nitrogen and oxygen atoms in total. The van der Waals surface area contributed by atoms with Crippen LogP contribution in [0, 0.1) is 35.0 Å². The minimum atomic E-state index is -0.0757. The van der Waals surface area contributed by atoms with Gasteiger partial charge < -0.3 is 10.5 Å². The van der Waals surface area contributed by atoms with Gasteiger partial charge in [0.25, 0.3) is 0 Å². The maximum absolute atomic E-state index is 12.2. The number of hydrogen-bond acceptors (Lipinski definition) is 4. The Bertz CT molecular complexity index is 907. The number of fused-ring (bicyclic) bond motifs is 6. The lowest BCUT2D eigenvalue weighted by Crippen LogP contribution is -2.53. The summed E-state index contributed by atoms with van der Waals surface area (Å²) in [4.78, 5) is 14.8. The highest BCUT2D eigenvalue weighted by Gasteiger charge is 2.61. The zero-order valence-electron chi connectivity index (χ0n) is 21.2. The van der Waals surface area contributed by atoms with E-state index in [1.807, 2.05) is 6.08 Å².